The molecule has 0 aliphatic rings. The van der Waals surface area contributed by atoms with Crippen LogP contribution in [0.25, 0.3) is 16.6 Å². The van der Waals surface area contributed by atoms with Crippen molar-refractivity contribution in [2.45, 2.75) is 39.5 Å². The number of aromatic nitrogens is 3. The van der Waals surface area contributed by atoms with E-state index >= 15 is 0 Å². The summed E-state index contributed by atoms with van der Waals surface area (Å²) in [6, 6.07) is 11.9. The Labute approximate surface area is 207 Å². The van der Waals surface area contributed by atoms with Crippen molar-refractivity contribution in [1.82, 2.24) is 25.0 Å². The molecule has 0 aliphatic heterocycles. The molecule has 3 aromatic heterocycles. The Hall–Kier alpha value is -4.47. The molecular formula is C26H27N5O5. The molecule has 0 saturated carbocycles. The molecule has 2 amide bonds. The zero-order valence-electron chi connectivity index (χ0n) is 20.5. The van der Waals surface area contributed by atoms with Gasteiger partial charge in [-0.3, -0.25) is 19.0 Å². The van der Waals surface area contributed by atoms with E-state index in [4.69, 9.17) is 9.47 Å². The fourth-order valence-electron chi connectivity index (χ4n) is 3.61. The monoisotopic (exact) mass is 489 g/mol. The molecule has 4 aromatic rings. The van der Waals surface area contributed by atoms with Crippen LogP contribution < -0.4 is 20.9 Å². The summed E-state index contributed by atoms with van der Waals surface area (Å²) in [5.74, 6) is 0.0938. The van der Waals surface area contributed by atoms with Crippen LogP contribution >= 0.6 is 0 Å². The van der Waals surface area contributed by atoms with Gasteiger partial charge in [0.05, 0.1) is 7.11 Å². The normalized spacial score (nSPS) is 11.3. The van der Waals surface area contributed by atoms with E-state index in [9.17, 15) is 14.4 Å². The minimum absolute atomic E-state index is 0.0390. The van der Waals surface area contributed by atoms with Gasteiger partial charge in [0.1, 0.15) is 28.2 Å². The minimum Gasteiger partial charge on any atom is -0.494 e. The lowest BCUT2D eigenvalue weighted by Gasteiger charge is -2.19. The fourth-order valence-corrected chi connectivity index (χ4v) is 3.61. The molecule has 0 unspecified atom stereocenters. The van der Waals surface area contributed by atoms with Crippen LogP contribution in [0.4, 0.5) is 4.79 Å². The van der Waals surface area contributed by atoms with Crippen LogP contribution in [0.5, 0.6) is 5.75 Å². The Kier molecular flexibility index (Phi) is 6.86. The number of carbonyl (C=O) groups is 2. The van der Waals surface area contributed by atoms with Gasteiger partial charge in [0.2, 0.25) is 0 Å². The van der Waals surface area contributed by atoms with Crippen LogP contribution in [0.3, 0.4) is 0 Å². The van der Waals surface area contributed by atoms with Gasteiger partial charge in [0.15, 0.2) is 0 Å². The van der Waals surface area contributed by atoms with Crippen molar-refractivity contribution in [2.24, 2.45) is 0 Å². The van der Waals surface area contributed by atoms with E-state index in [2.05, 4.69) is 20.6 Å². The van der Waals surface area contributed by atoms with Crippen LogP contribution in [-0.4, -0.2) is 39.1 Å². The molecule has 10 nitrogen and oxygen atoms in total. The van der Waals surface area contributed by atoms with Crippen LogP contribution in [0.15, 0.2) is 59.7 Å². The second-order valence-electron chi connectivity index (χ2n) is 9.16. The minimum atomic E-state index is -0.592. The van der Waals surface area contributed by atoms with Crippen LogP contribution in [0.1, 0.15) is 42.4 Å². The number of hydrogen-bond acceptors (Lipinski definition) is 7. The lowest BCUT2D eigenvalue weighted by atomic mass is 10.1. The second-order valence-corrected chi connectivity index (χ2v) is 9.16. The standard InChI is InChI=1S/C26H27N5O5/c1-26(2,3)36-25(34)29-13-16-9-18-10-17(14-27-23(18)20(11-16)35-4)15-28-24(33)19-12-22(32)31-8-6-5-7-21(31)30-19/h5-12,14H,13,15H2,1-4H3,(H,28,33)(H,29,34). The number of fused-ring (bicyclic) bond motifs is 2. The van der Waals surface area contributed by atoms with Crippen molar-refractivity contribution < 1.29 is 19.1 Å². The Morgan fingerprint density at radius 1 is 1.03 bits per heavy atom. The second kappa shape index (κ2) is 10.0. The summed E-state index contributed by atoms with van der Waals surface area (Å²) < 4.78 is 12.1. The van der Waals surface area contributed by atoms with Gasteiger partial charge in [-0.2, -0.15) is 0 Å². The number of alkyl carbamates (subject to hydrolysis) is 1. The predicted octanol–water partition coefficient (Wildman–Crippen LogP) is 3.21. The lowest BCUT2D eigenvalue weighted by Crippen LogP contribution is -2.32. The van der Waals surface area contributed by atoms with E-state index in [0.717, 1.165) is 16.5 Å². The van der Waals surface area contributed by atoms with E-state index < -0.39 is 17.6 Å². The first-order valence-electron chi connectivity index (χ1n) is 11.3. The summed E-state index contributed by atoms with van der Waals surface area (Å²) in [4.78, 5) is 45.7. The predicted molar refractivity (Wildman–Crippen MR) is 134 cm³/mol. The molecule has 0 spiro atoms. The van der Waals surface area contributed by atoms with Gasteiger partial charge in [0, 0.05) is 36.9 Å². The zero-order chi connectivity index (χ0) is 25.9. The number of nitrogens with zero attached hydrogens (tertiary/aromatic N) is 3. The van der Waals surface area contributed by atoms with E-state index in [1.165, 1.54) is 10.5 Å². The maximum absolute atomic E-state index is 12.7. The molecule has 0 atom stereocenters. The molecule has 4 rings (SSSR count). The van der Waals surface area contributed by atoms with Gasteiger partial charge in [-0.15, -0.1) is 0 Å². The third-order valence-corrected chi connectivity index (χ3v) is 5.18. The third-order valence-electron chi connectivity index (χ3n) is 5.18. The number of pyridine rings is 2. The van der Waals surface area contributed by atoms with E-state index in [-0.39, 0.29) is 24.3 Å². The number of benzene rings is 1. The molecular weight excluding hydrogens is 462 g/mol. The van der Waals surface area contributed by atoms with Crippen LogP contribution in [-0.2, 0) is 17.8 Å². The van der Waals surface area contributed by atoms with E-state index in [1.807, 2.05) is 12.1 Å². The lowest BCUT2D eigenvalue weighted by molar-refractivity contribution is 0.0523. The Balaban J connectivity index is 1.50. The van der Waals surface area contributed by atoms with E-state index in [0.29, 0.717) is 16.9 Å². The highest BCUT2D eigenvalue weighted by Gasteiger charge is 2.16. The molecule has 3 heterocycles. The molecule has 2 N–H and O–H groups in total. The maximum atomic E-state index is 12.7. The van der Waals surface area contributed by atoms with E-state index in [1.54, 1.807) is 64.5 Å². The number of hydrogen-bond donors (Lipinski definition) is 2. The molecule has 0 aliphatic carbocycles. The van der Waals surface area contributed by atoms with Crippen LogP contribution in [0.2, 0.25) is 0 Å². The largest absolute Gasteiger partial charge is 0.494 e. The van der Waals surface area contributed by atoms with Crippen molar-refractivity contribution >= 4 is 28.6 Å². The Morgan fingerprint density at radius 3 is 2.53 bits per heavy atom. The van der Waals surface area contributed by atoms with Gasteiger partial charge < -0.3 is 20.1 Å². The highest BCUT2D eigenvalue weighted by atomic mass is 16.6. The van der Waals surface area contributed by atoms with Crippen molar-refractivity contribution in [3.63, 3.8) is 0 Å². The molecule has 10 heteroatoms. The average Bonchev–Trinajstić information content (AvgIpc) is 2.84. The van der Waals surface area contributed by atoms with Crippen LogP contribution in [0, 0.1) is 0 Å². The number of carbonyl (C=O) groups excluding carboxylic acids is 2. The smallest absolute Gasteiger partial charge is 0.407 e. The Morgan fingerprint density at radius 2 is 1.78 bits per heavy atom. The first-order chi connectivity index (χ1) is 17.1. The molecule has 0 saturated heterocycles. The van der Waals surface area contributed by atoms with Gasteiger partial charge in [-0.25, -0.2) is 9.78 Å². The van der Waals surface area contributed by atoms with Crippen molar-refractivity contribution in [3.8, 4) is 5.75 Å². The first kappa shape index (κ1) is 24.6. The number of methoxy groups -OCH3 is 1. The number of rotatable bonds is 6. The summed E-state index contributed by atoms with van der Waals surface area (Å²) in [5.41, 5.74) is 1.70. The molecule has 186 valence electrons. The first-order valence-corrected chi connectivity index (χ1v) is 11.3. The highest BCUT2D eigenvalue weighted by Crippen LogP contribution is 2.26. The molecule has 0 radical (unpaired) electrons. The summed E-state index contributed by atoms with van der Waals surface area (Å²) in [6.45, 7) is 5.82. The maximum Gasteiger partial charge on any atom is 0.407 e. The number of nitrogens with one attached hydrogen (secondary N) is 2. The quantitative estimate of drug-likeness (QED) is 0.426. The zero-order valence-corrected chi connectivity index (χ0v) is 20.5. The summed E-state index contributed by atoms with van der Waals surface area (Å²) in [5, 5.41) is 6.30. The van der Waals surface area contributed by atoms with Crippen molar-refractivity contribution in [3.05, 3.63) is 82.0 Å². The molecule has 36 heavy (non-hydrogen) atoms. The number of amides is 2. The Bertz CT molecular complexity index is 1510. The van der Waals surface area contributed by atoms with Crippen molar-refractivity contribution in [2.75, 3.05) is 7.11 Å². The highest BCUT2D eigenvalue weighted by molar-refractivity contribution is 5.92. The molecule has 0 fully saturated rings. The molecule has 0 bridgehead atoms. The average molecular weight is 490 g/mol. The summed E-state index contributed by atoms with van der Waals surface area (Å²) >= 11 is 0. The molecule has 1 aromatic carbocycles. The van der Waals surface area contributed by atoms with Gasteiger partial charge in [0.25, 0.3) is 11.5 Å². The topological polar surface area (TPSA) is 124 Å². The summed E-state index contributed by atoms with van der Waals surface area (Å²) in [6.07, 6.45) is 2.73. The van der Waals surface area contributed by atoms with Gasteiger partial charge in [-0.05, 0) is 62.2 Å². The van der Waals surface area contributed by atoms with Gasteiger partial charge in [-0.1, -0.05) is 6.07 Å². The SMILES string of the molecule is COc1cc(CNC(=O)OC(C)(C)C)cc2cc(CNC(=O)c3cc(=O)n4ccccc4n3)cnc12. The third kappa shape index (κ3) is 5.77. The van der Waals surface area contributed by atoms with Crippen molar-refractivity contribution in [1.29, 1.82) is 0 Å². The summed E-state index contributed by atoms with van der Waals surface area (Å²) in [7, 11) is 1.55. The number of ether oxygens (including phenoxy) is 2. The van der Waals surface area contributed by atoms with Gasteiger partial charge >= 0.3 is 6.09 Å². The fraction of sp³-hybridized carbons (Fsp3) is 0.269.